The molecule has 5 nitrogen and oxygen atoms in total. The summed E-state index contributed by atoms with van der Waals surface area (Å²) in [5.41, 5.74) is 6.35. The fourth-order valence-electron chi connectivity index (χ4n) is 1.59. The van der Waals surface area contributed by atoms with Crippen molar-refractivity contribution in [2.45, 2.75) is 26.2 Å². The maximum Gasteiger partial charge on any atom is 0.387 e. The van der Waals surface area contributed by atoms with Gasteiger partial charge in [-0.3, -0.25) is 4.57 Å². The predicted molar refractivity (Wildman–Crippen MR) is 70.9 cm³/mol. The predicted octanol–water partition coefficient (Wildman–Crippen LogP) is 3.51. The SMILES string of the molecule is CCOP(=O)(OCC)[C@@H](N)c1ccc(OC(F)F)cc1. The lowest BCUT2D eigenvalue weighted by atomic mass is 10.2. The van der Waals surface area contributed by atoms with E-state index in [0.717, 1.165) is 0 Å². The molecule has 8 heteroatoms. The summed E-state index contributed by atoms with van der Waals surface area (Å²) in [6.07, 6.45) is 0. The van der Waals surface area contributed by atoms with Crippen LogP contribution in [-0.4, -0.2) is 19.8 Å². The molecule has 1 aromatic carbocycles. The maximum absolute atomic E-state index is 12.5. The number of halogens is 2. The normalized spacial score (nSPS) is 13.5. The van der Waals surface area contributed by atoms with E-state index in [-0.39, 0.29) is 19.0 Å². The Hall–Kier alpha value is -1.01. The van der Waals surface area contributed by atoms with Gasteiger partial charge in [0, 0.05) is 0 Å². The van der Waals surface area contributed by atoms with Crippen molar-refractivity contribution < 1.29 is 27.1 Å². The largest absolute Gasteiger partial charge is 0.435 e. The summed E-state index contributed by atoms with van der Waals surface area (Å²) < 4.78 is 51.0. The molecule has 114 valence electrons. The third-order valence-corrected chi connectivity index (χ3v) is 4.62. The Morgan fingerprint density at radius 2 is 1.65 bits per heavy atom. The van der Waals surface area contributed by atoms with Gasteiger partial charge in [0.1, 0.15) is 11.5 Å². The van der Waals surface area contributed by atoms with Crippen molar-refractivity contribution in [3.8, 4) is 5.75 Å². The highest BCUT2D eigenvalue weighted by molar-refractivity contribution is 7.54. The molecule has 0 unspecified atom stereocenters. The van der Waals surface area contributed by atoms with Gasteiger partial charge >= 0.3 is 14.2 Å². The minimum atomic E-state index is -3.49. The molecular weight excluding hydrogens is 291 g/mol. The first-order valence-electron chi connectivity index (χ1n) is 6.12. The van der Waals surface area contributed by atoms with E-state index in [9.17, 15) is 13.3 Å². The zero-order valence-corrected chi connectivity index (χ0v) is 12.2. The first kappa shape index (κ1) is 17.0. The minimum Gasteiger partial charge on any atom is -0.435 e. The van der Waals surface area contributed by atoms with E-state index in [2.05, 4.69) is 4.74 Å². The summed E-state index contributed by atoms with van der Waals surface area (Å²) in [7, 11) is -3.49. The summed E-state index contributed by atoms with van der Waals surface area (Å²) in [4.78, 5) is 0. The standard InChI is InChI=1S/C12H18F2NO4P/c1-3-17-20(16,18-4-2)11(15)9-5-7-10(8-6-9)19-12(13)14/h5-8,11-12H,3-4,15H2,1-2H3/t11-/m1/s1. The van der Waals surface area contributed by atoms with Crippen LogP contribution in [0.5, 0.6) is 5.75 Å². The smallest absolute Gasteiger partial charge is 0.387 e. The van der Waals surface area contributed by atoms with Crippen molar-refractivity contribution in [3.05, 3.63) is 29.8 Å². The Kier molecular flexibility index (Phi) is 6.55. The summed E-state index contributed by atoms with van der Waals surface area (Å²) in [5.74, 6) is -0.985. The lowest BCUT2D eigenvalue weighted by molar-refractivity contribution is -0.0498. The van der Waals surface area contributed by atoms with Crippen LogP contribution in [0.2, 0.25) is 0 Å². The number of ether oxygens (including phenoxy) is 1. The molecule has 0 radical (unpaired) electrons. The van der Waals surface area contributed by atoms with Crippen LogP contribution >= 0.6 is 7.60 Å². The molecule has 0 saturated heterocycles. The first-order chi connectivity index (χ1) is 9.42. The summed E-state index contributed by atoms with van der Waals surface area (Å²) >= 11 is 0. The molecule has 0 spiro atoms. The van der Waals surface area contributed by atoms with Crippen LogP contribution in [0, 0.1) is 0 Å². The molecule has 0 aromatic heterocycles. The van der Waals surface area contributed by atoms with E-state index >= 15 is 0 Å². The van der Waals surface area contributed by atoms with Crippen LogP contribution in [0.15, 0.2) is 24.3 Å². The van der Waals surface area contributed by atoms with Crippen molar-refractivity contribution in [2.75, 3.05) is 13.2 Å². The number of rotatable bonds is 8. The molecule has 0 aliphatic heterocycles. The van der Waals surface area contributed by atoms with Crippen LogP contribution in [0.1, 0.15) is 25.2 Å². The molecule has 20 heavy (non-hydrogen) atoms. The highest BCUT2D eigenvalue weighted by atomic mass is 31.2. The van der Waals surface area contributed by atoms with E-state index in [1.54, 1.807) is 13.8 Å². The summed E-state index contributed by atoms with van der Waals surface area (Å²) in [5, 5.41) is 0. The Bertz CT molecular complexity index is 445. The van der Waals surface area contributed by atoms with Crippen molar-refractivity contribution in [1.82, 2.24) is 0 Å². The van der Waals surface area contributed by atoms with Gasteiger partial charge < -0.3 is 19.5 Å². The molecule has 1 aromatic rings. The van der Waals surface area contributed by atoms with Gasteiger partial charge in [0.05, 0.1) is 13.2 Å². The highest BCUT2D eigenvalue weighted by Gasteiger charge is 2.33. The van der Waals surface area contributed by atoms with Gasteiger partial charge in [-0.25, -0.2) is 0 Å². The number of nitrogens with two attached hydrogens (primary N) is 1. The van der Waals surface area contributed by atoms with Gasteiger partial charge in [0.25, 0.3) is 0 Å². The lowest BCUT2D eigenvalue weighted by Crippen LogP contribution is -2.15. The van der Waals surface area contributed by atoms with Gasteiger partial charge in [0.15, 0.2) is 0 Å². The average molecular weight is 309 g/mol. The average Bonchev–Trinajstić information content (AvgIpc) is 2.38. The molecule has 2 N–H and O–H groups in total. The quantitative estimate of drug-likeness (QED) is 0.744. The number of hydrogen-bond acceptors (Lipinski definition) is 5. The maximum atomic E-state index is 12.5. The van der Waals surface area contributed by atoms with Gasteiger partial charge in [-0.1, -0.05) is 12.1 Å². The first-order valence-corrected chi connectivity index (χ1v) is 7.73. The Morgan fingerprint density at radius 3 is 2.05 bits per heavy atom. The second-order valence-corrected chi connectivity index (χ2v) is 5.92. The third kappa shape index (κ3) is 4.52. The highest BCUT2D eigenvalue weighted by Crippen LogP contribution is 2.58. The minimum absolute atomic E-state index is 0.00129. The van der Waals surface area contributed by atoms with Crippen molar-refractivity contribution in [1.29, 1.82) is 0 Å². The Balaban J connectivity index is 2.89. The van der Waals surface area contributed by atoms with E-state index in [1.807, 2.05) is 0 Å². The van der Waals surface area contributed by atoms with E-state index in [4.69, 9.17) is 14.8 Å². The van der Waals surface area contributed by atoms with Gasteiger partial charge in [-0.05, 0) is 31.5 Å². The molecular formula is C12H18F2NO4P. The zero-order valence-electron chi connectivity index (χ0n) is 11.3. The Labute approximate surface area is 116 Å². The summed E-state index contributed by atoms with van der Waals surface area (Å²) in [6, 6.07) is 5.55. The van der Waals surface area contributed by atoms with Crippen LogP contribution in [-0.2, 0) is 13.6 Å². The van der Waals surface area contributed by atoms with Crippen molar-refractivity contribution in [3.63, 3.8) is 0 Å². The lowest BCUT2D eigenvalue weighted by Gasteiger charge is -2.23. The fraction of sp³-hybridized carbons (Fsp3) is 0.500. The molecule has 0 aliphatic carbocycles. The van der Waals surface area contributed by atoms with E-state index in [1.165, 1.54) is 24.3 Å². The third-order valence-electron chi connectivity index (χ3n) is 2.41. The number of benzene rings is 1. The fourth-order valence-corrected chi connectivity index (χ4v) is 3.24. The van der Waals surface area contributed by atoms with E-state index in [0.29, 0.717) is 5.56 Å². The van der Waals surface area contributed by atoms with Crippen LogP contribution < -0.4 is 10.5 Å². The van der Waals surface area contributed by atoms with Crippen molar-refractivity contribution >= 4 is 7.60 Å². The molecule has 1 rings (SSSR count). The molecule has 0 aliphatic rings. The second-order valence-electron chi connectivity index (χ2n) is 3.77. The van der Waals surface area contributed by atoms with Crippen LogP contribution in [0.3, 0.4) is 0 Å². The summed E-state index contributed by atoms with van der Waals surface area (Å²) in [6.45, 7) is 0.845. The molecule has 0 fully saturated rings. The number of alkyl halides is 2. The van der Waals surface area contributed by atoms with Crippen LogP contribution in [0.4, 0.5) is 8.78 Å². The topological polar surface area (TPSA) is 70.8 Å². The molecule has 0 amide bonds. The zero-order chi connectivity index (χ0) is 15.2. The van der Waals surface area contributed by atoms with Gasteiger partial charge in [0.2, 0.25) is 0 Å². The van der Waals surface area contributed by atoms with Crippen molar-refractivity contribution in [2.24, 2.45) is 5.73 Å². The molecule has 0 heterocycles. The molecule has 0 bridgehead atoms. The molecule has 1 atom stereocenters. The Morgan fingerprint density at radius 1 is 1.15 bits per heavy atom. The van der Waals surface area contributed by atoms with Crippen LogP contribution in [0.25, 0.3) is 0 Å². The van der Waals surface area contributed by atoms with Gasteiger partial charge in [-0.2, -0.15) is 8.78 Å². The molecule has 0 saturated carbocycles. The monoisotopic (exact) mass is 309 g/mol. The number of hydrogen-bond donors (Lipinski definition) is 1. The van der Waals surface area contributed by atoms with Gasteiger partial charge in [-0.15, -0.1) is 0 Å². The second kappa shape index (κ2) is 7.69. The van der Waals surface area contributed by atoms with E-state index < -0.39 is 20.0 Å².